The van der Waals surface area contributed by atoms with Crippen LogP contribution >= 0.6 is 0 Å². The molecule has 2 bridgehead atoms. The number of anilines is 1. The van der Waals surface area contributed by atoms with E-state index < -0.39 is 55.7 Å². The Kier molecular flexibility index (Phi) is 11.2. The summed E-state index contributed by atoms with van der Waals surface area (Å²) < 4.78 is 73.8. The van der Waals surface area contributed by atoms with Gasteiger partial charge < -0.3 is 29.0 Å². The number of benzene rings is 2. The highest BCUT2D eigenvalue weighted by atomic mass is 28.3. The van der Waals surface area contributed by atoms with Crippen LogP contribution in [0.15, 0.2) is 24.3 Å². The summed E-state index contributed by atoms with van der Waals surface area (Å²) in [7, 11) is -0.873. The van der Waals surface area contributed by atoms with Crippen LogP contribution in [-0.4, -0.2) is 120 Å². The first-order valence-electron chi connectivity index (χ1n) is 22.4. The van der Waals surface area contributed by atoms with Crippen LogP contribution in [-0.2, 0) is 4.74 Å². The van der Waals surface area contributed by atoms with Crippen LogP contribution in [0.2, 0.25) is 16.6 Å². The maximum Gasteiger partial charge on any atom is 0.407 e. The number of hydrogen-bond donors (Lipinski definition) is 1. The van der Waals surface area contributed by atoms with Crippen molar-refractivity contribution in [2.45, 2.75) is 133 Å². The number of carbonyl (C=O) groups is 1. The maximum atomic E-state index is 18.1. The molecule has 336 valence electrons. The molecule has 5 aliphatic heterocycles. The van der Waals surface area contributed by atoms with Crippen LogP contribution in [0.1, 0.15) is 86.1 Å². The molecular formula is C47H57F3N6O6Si. The summed E-state index contributed by atoms with van der Waals surface area (Å²) in [6, 6.07) is 4.99. The van der Waals surface area contributed by atoms with Crippen LogP contribution in [0.3, 0.4) is 0 Å². The zero-order valence-corrected chi connectivity index (χ0v) is 38.3. The first kappa shape index (κ1) is 43.4. The SMILES string of the molecule is COCOc1cc(-c2nc3c4c(nc(OC[C@@]56CCCN5C[C@H](F)C6)nc4c2F)N2CC4CCC(C2C(C)O3)N4C(=O)O)c2c(C#C[Si](C(C)C)(C(C)C)C(C)C)c(F)ccc2c1. The predicted molar refractivity (Wildman–Crippen MR) is 237 cm³/mol. The molecule has 12 nitrogen and oxygen atoms in total. The molecule has 4 aromatic rings. The second-order valence-corrected chi connectivity index (χ2v) is 24.7. The molecule has 2 aromatic heterocycles. The van der Waals surface area contributed by atoms with Crippen molar-refractivity contribution < 1.29 is 42.0 Å². The largest absolute Gasteiger partial charge is 0.472 e. The third-order valence-electron chi connectivity index (χ3n) is 14.8. The lowest BCUT2D eigenvalue weighted by atomic mass is 9.95. The van der Waals surface area contributed by atoms with E-state index in [-0.39, 0.29) is 82.2 Å². The van der Waals surface area contributed by atoms with E-state index in [0.29, 0.717) is 48.1 Å². The molecule has 6 atom stereocenters. The molecule has 9 rings (SSSR count). The zero-order chi connectivity index (χ0) is 44.7. The van der Waals surface area contributed by atoms with E-state index in [9.17, 15) is 14.3 Å². The van der Waals surface area contributed by atoms with Gasteiger partial charge in [0, 0.05) is 37.6 Å². The molecule has 16 heteroatoms. The topological polar surface area (TPSA) is 123 Å². The summed E-state index contributed by atoms with van der Waals surface area (Å²) in [5.74, 6) is 2.66. The second-order valence-electron chi connectivity index (χ2n) is 19.1. The number of nitrogens with zero attached hydrogens (tertiary/aromatic N) is 6. The van der Waals surface area contributed by atoms with Gasteiger partial charge in [-0.2, -0.15) is 9.97 Å². The first-order valence-corrected chi connectivity index (χ1v) is 24.6. The fourth-order valence-corrected chi connectivity index (χ4v) is 17.4. The molecule has 1 amide bonds. The molecule has 63 heavy (non-hydrogen) atoms. The number of fused-ring (bicyclic) bond motifs is 7. The van der Waals surface area contributed by atoms with Gasteiger partial charge in [-0.05, 0) is 79.4 Å². The van der Waals surface area contributed by atoms with Crippen molar-refractivity contribution in [3.05, 3.63) is 41.5 Å². The van der Waals surface area contributed by atoms with Gasteiger partial charge in [0.1, 0.15) is 60.9 Å². The smallest absolute Gasteiger partial charge is 0.407 e. The Hall–Kier alpha value is -4.85. The number of ether oxygens (including phenoxy) is 4. The highest BCUT2D eigenvalue weighted by Gasteiger charge is 2.54. The first-order chi connectivity index (χ1) is 30.1. The van der Waals surface area contributed by atoms with E-state index in [2.05, 4.69) is 57.9 Å². The van der Waals surface area contributed by atoms with E-state index in [1.807, 2.05) is 11.8 Å². The highest BCUT2D eigenvalue weighted by molar-refractivity contribution is 6.90. The molecule has 1 N–H and O–H groups in total. The van der Waals surface area contributed by atoms with Crippen LogP contribution in [0, 0.1) is 23.1 Å². The van der Waals surface area contributed by atoms with E-state index in [1.165, 1.54) is 18.1 Å². The molecule has 4 unspecified atom stereocenters. The Bertz CT molecular complexity index is 2510. The number of piperazine rings is 1. The third kappa shape index (κ3) is 7.04. The highest BCUT2D eigenvalue weighted by Crippen LogP contribution is 2.49. The molecule has 0 radical (unpaired) electrons. The fourth-order valence-electron chi connectivity index (χ4n) is 12.1. The molecule has 0 spiro atoms. The van der Waals surface area contributed by atoms with Crippen molar-refractivity contribution >= 4 is 41.7 Å². The average Bonchev–Trinajstić information content (AvgIpc) is 3.85. The lowest BCUT2D eigenvalue weighted by Gasteiger charge is -2.47. The number of carboxylic acid groups (broad SMARTS) is 1. The van der Waals surface area contributed by atoms with Gasteiger partial charge in [-0.15, -0.1) is 5.54 Å². The fraction of sp³-hybridized carbons (Fsp3) is 0.574. The molecule has 2 aromatic carbocycles. The number of alkyl halides is 1. The van der Waals surface area contributed by atoms with Gasteiger partial charge in [-0.3, -0.25) is 9.80 Å². The summed E-state index contributed by atoms with van der Waals surface area (Å²) in [6.45, 7) is 16.4. The minimum absolute atomic E-state index is 0.0467. The second kappa shape index (κ2) is 16.3. The average molecular weight is 887 g/mol. The molecule has 5 aliphatic rings. The van der Waals surface area contributed by atoms with Gasteiger partial charge in [-0.25, -0.2) is 22.9 Å². The van der Waals surface area contributed by atoms with E-state index in [4.69, 9.17) is 33.9 Å². The Balaban J connectivity index is 1.28. The van der Waals surface area contributed by atoms with E-state index >= 15 is 8.78 Å². The van der Waals surface area contributed by atoms with Crippen molar-refractivity contribution in [1.29, 1.82) is 0 Å². The summed E-state index contributed by atoms with van der Waals surface area (Å²) in [5.41, 5.74) is 3.99. The summed E-state index contributed by atoms with van der Waals surface area (Å²) in [5, 5.41) is 11.5. The summed E-state index contributed by atoms with van der Waals surface area (Å²) in [6.07, 6.45) is 0.612. The van der Waals surface area contributed by atoms with Crippen LogP contribution < -0.4 is 19.1 Å². The molecule has 4 saturated heterocycles. The summed E-state index contributed by atoms with van der Waals surface area (Å²) >= 11 is 0. The molecule has 4 fully saturated rings. The Morgan fingerprint density at radius 3 is 2.51 bits per heavy atom. The van der Waals surface area contributed by atoms with Crippen LogP contribution in [0.25, 0.3) is 32.9 Å². The Morgan fingerprint density at radius 1 is 1.03 bits per heavy atom. The van der Waals surface area contributed by atoms with Gasteiger partial charge in [0.25, 0.3) is 0 Å². The van der Waals surface area contributed by atoms with Gasteiger partial charge >= 0.3 is 12.1 Å². The quantitative estimate of drug-likeness (QED) is 0.0933. The number of methoxy groups -OCH3 is 1. The monoisotopic (exact) mass is 886 g/mol. The van der Waals surface area contributed by atoms with Crippen LogP contribution in [0.5, 0.6) is 17.6 Å². The molecule has 7 heterocycles. The Labute approximate surface area is 367 Å². The summed E-state index contributed by atoms with van der Waals surface area (Å²) in [4.78, 5) is 32.9. The number of amides is 1. The molecule has 0 saturated carbocycles. The van der Waals surface area contributed by atoms with Gasteiger partial charge in [0.2, 0.25) is 5.88 Å². The standard InChI is InChI=1S/C47H57F3N6O6Si/c1-25(2)63(26(3)4,27(5)6)17-14-33-35(49)12-10-29-18-32(61-24-59-8)19-34(37(29)33)40-39(50)41-38-43(53-45(52-41)60-23-47-15-9-16-54(47)21-30(48)20-47)55-22-31-11-13-36(56(31)46(57)58)42(55)28(7)62-44(38)51-40/h10,12,18-19,25-28,30-31,36,42H,9,11,13,15-16,20-24H2,1-8H3,(H,57,58)/t28?,30-,31?,36?,42?,47+/m1/s1. The number of aromatic nitrogens is 3. The van der Waals surface area contributed by atoms with Crippen molar-refractivity contribution in [2.75, 3.05) is 45.0 Å². The number of pyridine rings is 1. The lowest BCUT2D eigenvalue weighted by Crippen LogP contribution is -2.64. The molecular weight excluding hydrogens is 830 g/mol. The minimum atomic E-state index is -2.37. The Morgan fingerprint density at radius 2 is 1.79 bits per heavy atom. The van der Waals surface area contributed by atoms with Gasteiger partial charge in [0.05, 0.1) is 29.2 Å². The van der Waals surface area contributed by atoms with Gasteiger partial charge in [0.15, 0.2) is 12.6 Å². The third-order valence-corrected chi connectivity index (χ3v) is 21.1. The molecule has 0 aliphatic carbocycles. The predicted octanol–water partition coefficient (Wildman–Crippen LogP) is 9.11. The van der Waals surface area contributed by atoms with E-state index in [1.54, 1.807) is 18.2 Å². The van der Waals surface area contributed by atoms with E-state index in [0.717, 1.165) is 19.4 Å². The lowest BCUT2D eigenvalue weighted by molar-refractivity contribution is 0.0512. The minimum Gasteiger partial charge on any atom is -0.472 e. The van der Waals surface area contributed by atoms with Crippen molar-refractivity contribution in [2.24, 2.45) is 0 Å². The van der Waals surface area contributed by atoms with Crippen molar-refractivity contribution in [3.8, 4) is 40.4 Å². The van der Waals surface area contributed by atoms with Crippen molar-refractivity contribution in [1.82, 2.24) is 24.8 Å². The normalized spacial score (nSPS) is 25.4. The van der Waals surface area contributed by atoms with Gasteiger partial charge in [-0.1, -0.05) is 53.5 Å². The van der Waals surface area contributed by atoms with Crippen LogP contribution in [0.4, 0.5) is 23.8 Å². The van der Waals surface area contributed by atoms with Crippen molar-refractivity contribution in [3.63, 3.8) is 0 Å². The maximum absolute atomic E-state index is 18.1. The number of rotatable bonds is 10. The zero-order valence-electron chi connectivity index (χ0n) is 37.3. The number of halogens is 3. The number of hydrogen-bond acceptors (Lipinski definition) is 10.